The lowest BCUT2D eigenvalue weighted by atomic mass is 9.98. The summed E-state index contributed by atoms with van der Waals surface area (Å²) in [6.07, 6.45) is 4.81. The first-order chi connectivity index (χ1) is 8.81. The maximum Gasteiger partial charge on any atom is 0.0494 e. The first-order valence-electron chi connectivity index (χ1n) is 6.76. The zero-order chi connectivity index (χ0) is 12.5. The van der Waals surface area contributed by atoms with Gasteiger partial charge in [-0.1, -0.05) is 18.2 Å². The zero-order valence-electron chi connectivity index (χ0n) is 11.1. The van der Waals surface area contributed by atoms with Crippen LogP contribution in [0.5, 0.6) is 0 Å². The van der Waals surface area contributed by atoms with Crippen LogP contribution < -0.4 is 10.6 Å². The number of para-hydroxylation sites is 1. The number of aromatic nitrogens is 1. The molecular formula is C15H21N3. The van der Waals surface area contributed by atoms with E-state index in [0.29, 0.717) is 12.1 Å². The van der Waals surface area contributed by atoms with Crippen molar-refractivity contribution < 1.29 is 0 Å². The largest absolute Gasteiger partial charge is 0.350 e. The summed E-state index contributed by atoms with van der Waals surface area (Å²) in [5, 5.41) is 8.47. The van der Waals surface area contributed by atoms with Crippen molar-refractivity contribution in [2.75, 3.05) is 13.6 Å². The van der Waals surface area contributed by atoms with Crippen LogP contribution in [0, 0.1) is 0 Å². The molecule has 2 N–H and O–H groups in total. The Balaban J connectivity index is 2.06. The van der Waals surface area contributed by atoms with Crippen LogP contribution in [0.15, 0.2) is 30.5 Å². The Kier molecular flexibility index (Phi) is 3.10. The lowest BCUT2D eigenvalue weighted by Gasteiger charge is -2.23. The number of nitrogens with zero attached hydrogens (tertiary/aromatic N) is 1. The van der Waals surface area contributed by atoms with E-state index in [1.165, 1.54) is 29.3 Å². The van der Waals surface area contributed by atoms with Gasteiger partial charge < -0.3 is 15.2 Å². The Morgan fingerprint density at radius 2 is 2.22 bits per heavy atom. The van der Waals surface area contributed by atoms with Crippen LogP contribution in [0.2, 0.25) is 0 Å². The molecule has 96 valence electrons. The molecule has 0 aliphatic carbocycles. The monoisotopic (exact) mass is 243 g/mol. The van der Waals surface area contributed by atoms with Crippen molar-refractivity contribution in [3.63, 3.8) is 0 Å². The number of likely N-dealkylation sites (N-methyl/N-ethyl adjacent to an activating group) is 1. The van der Waals surface area contributed by atoms with E-state index < -0.39 is 0 Å². The highest BCUT2D eigenvalue weighted by Crippen LogP contribution is 2.30. The van der Waals surface area contributed by atoms with Gasteiger partial charge in [0.15, 0.2) is 0 Å². The Labute approximate surface area is 108 Å². The lowest BCUT2D eigenvalue weighted by Crippen LogP contribution is -2.36. The van der Waals surface area contributed by atoms with Gasteiger partial charge in [-0.3, -0.25) is 0 Å². The predicted octanol–water partition coefficient (Wildman–Crippen LogP) is 2.19. The highest BCUT2D eigenvalue weighted by atomic mass is 15.0. The Morgan fingerprint density at radius 1 is 1.39 bits per heavy atom. The molecule has 1 aromatic carbocycles. The van der Waals surface area contributed by atoms with Gasteiger partial charge in [-0.2, -0.15) is 0 Å². The van der Waals surface area contributed by atoms with E-state index >= 15 is 0 Å². The predicted molar refractivity (Wildman–Crippen MR) is 75.7 cm³/mol. The third-order valence-corrected chi connectivity index (χ3v) is 4.07. The normalized spacial score (nSPS) is 21.6. The van der Waals surface area contributed by atoms with Crippen molar-refractivity contribution in [1.82, 2.24) is 15.2 Å². The van der Waals surface area contributed by atoms with E-state index in [1.54, 1.807) is 0 Å². The summed E-state index contributed by atoms with van der Waals surface area (Å²) < 4.78 is 2.23. The molecule has 2 unspecified atom stereocenters. The molecule has 1 saturated heterocycles. The highest BCUT2D eigenvalue weighted by Gasteiger charge is 2.26. The molecule has 2 heterocycles. The number of hydrogen-bond donors (Lipinski definition) is 2. The van der Waals surface area contributed by atoms with Crippen LogP contribution in [-0.4, -0.2) is 24.2 Å². The van der Waals surface area contributed by atoms with Gasteiger partial charge in [-0.25, -0.2) is 0 Å². The van der Waals surface area contributed by atoms with Gasteiger partial charge in [-0.05, 0) is 38.1 Å². The van der Waals surface area contributed by atoms with Crippen LogP contribution in [0.4, 0.5) is 0 Å². The van der Waals surface area contributed by atoms with E-state index in [4.69, 9.17) is 0 Å². The molecule has 3 nitrogen and oxygen atoms in total. The quantitative estimate of drug-likeness (QED) is 0.865. The molecule has 1 fully saturated rings. The second kappa shape index (κ2) is 4.75. The van der Waals surface area contributed by atoms with Gasteiger partial charge in [0.05, 0.1) is 0 Å². The first kappa shape index (κ1) is 11.8. The summed E-state index contributed by atoms with van der Waals surface area (Å²) in [6, 6.07) is 9.60. The lowest BCUT2D eigenvalue weighted by molar-refractivity contribution is 0.442. The summed E-state index contributed by atoms with van der Waals surface area (Å²) >= 11 is 0. The molecule has 2 atom stereocenters. The molecule has 18 heavy (non-hydrogen) atoms. The smallest absolute Gasteiger partial charge is 0.0494 e. The van der Waals surface area contributed by atoms with Gasteiger partial charge in [0.1, 0.15) is 0 Å². The number of fused-ring (bicyclic) bond motifs is 1. The van der Waals surface area contributed by atoms with Crippen LogP contribution in [0.25, 0.3) is 10.9 Å². The molecule has 0 bridgehead atoms. The van der Waals surface area contributed by atoms with E-state index in [1.807, 2.05) is 0 Å². The highest BCUT2D eigenvalue weighted by molar-refractivity contribution is 5.84. The Hall–Kier alpha value is -1.32. The van der Waals surface area contributed by atoms with E-state index in [9.17, 15) is 0 Å². The molecule has 0 saturated carbocycles. The number of rotatable bonds is 3. The minimum atomic E-state index is 0.401. The van der Waals surface area contributed by atoms with E-state index in [-0.39, 0.29) is 0 Å². The minimum absolute atomic E-state index is 0.401. The molecule has 0 amide bonds. The van der Waals surface area contributed by atoms with Crippen molar-refractivity contribution in [1.29, 1.82) is 0 Å². The molecule has 0 spiro atoms. The van der Waals surface area contributed by atoms with Crippen LogP contribution in [0.3, 0.4) is 0 Å². The summed E-state index contributed by atoms with van der Waals surface area (Å²) in [6.45, 7) is 1.15. The first-order valence-corrected chi connectivity index (χ1v) is 6.76. The number of aryl methyl sites for hydroxylation is 1. The third-order valence-electron chi connectivity index (χ3n) is 4.07. The summed E-state index contributed by atoms with van der Waals surface area (Å²) in [5.41, 5.74) is 2.72. The average molecular weight is 243 g/mol. The third kappa shape index (κ3) is 1.84. The van der Waals surface area contributed by atoms with Crippen molar-refractivity contribution >= 4 is 10.9 Å². The zero-order valence-corrected chi connectivity index (χ0v) is 11.1. The standard InChI is InChI=1S/C15H21N3/c1-16-15(13-7-5-9-17-13)12-10-18(2)14-8-4-3-6-11(12)14/h3-4,6,8,10,13,15-17H,5,7,9H2,1-2H3. The fourth-order valence-electron chi connectivity index (χ4n) is 3.19. The molecule has 0 radical (unpaired) electrons. The fraction of sp³-hybridized carbons (Fsp3) is 0.467. The van der Waals surface area contributed by atoms with Gasteiger partial charge in [0.25, 0.3) is 0 Å². The van der Waals surface area contributed by atoms with Gasteiger partial charge in [0, 0.05) is 36.2 Å². The number of hydrogen-bond acceptors (Lipinski definition) is 2. The van der Waals surface area contributed by atoms with Crippen molar-refractivity contribution in [3.8, 4) is 0 Å². The van der Waals surface area contributed by atoms with Crippen LogP contribution in [-0.2, 0) is 7.05 Å². The molecular weight excluding hydrogens is 222 g/mol. The van der Waals surface area contributed by atoms with Crippen molar-refractivity contribution in [3.05, 3.63) is 36.0 Å². The average Bonchev–Trinajstić information content (AvgIpc) is 3.01. The summed E-state index contributed by atoms with van der Waals surface area (Å²) in [4.78, 5) is 0. The summed E-state index contributed by atoms with van der Waals surface area (Å²) in [7, 11) is 4.19. The second-order valence-corrected chi connectivity index (χ2v) is 5.18. The SMILES string of the molecule is CNC(c1cn(C)c2ccccc12)C1CCCN1. The van der Waals surface area contributed by atoms with Gasteiger partial charge >= 0.3 is 0 Å². The van der Waals surface area contributed by atoms with Crippen molar-refractivity contribution in [2.24, 2.45) is 7.05 Å². The topological polar surface area (TPSA) is 29.0 Å². The minimum Gasteiger partial charge on any atom is -0.350 e. The van der Waals surface area contributed by atoms with E-state index in [0.717, 1.165) is 6.54 Å². The second-order valence-electron chi connectivity index (χ2n) is 5.18. The molecule has 3 heteroatoms. The summed E-state index contributed by atoms with van der Waals surface area (Å²) in [5.74, 6) is 0. The maximum atomic E-state index is 3.61. The maximum absolute atomic E-state index is 3.61. The van der Waals surface area contributed by atoms with Crippen LogP contribution in [0.1, 0.15) is 24.4 Å². The molecule has 1 aliphatic rings. The Bertz CT molecular complexity index is 538. The van der Waals surface area contributed by atoms with Crippen molar-refractivity contribution in [2.45, 2.75) is 24.9 Å². The number of benzene rings is 1. The molecule has 1 aromatic heterocycles. The van der Waals surface area contributed by atoms with Gasteiger partial charge in [-0.15, -0.1) is 0 Å². The fourth-order valence-corrected chi connectivity index (χ4v) is 3.19. The number of nitrogens with one attached hydrogen (secondary N) is 2. The molecule has 3 rings (SSSR count). The Morgan fingerprint density at radius 3 is 2.94 bits per heavy atom. The molecule has 1 aliphatic heterocycles. The van der Waals surface area contributed by atoms with Gasteiger partial charge in [0.2, 0.25) is 0 Å². The van der Waals surface area contributed by atoms with Crippen LogP contribution >= 0.6 is 0 Å². The molecule has 2 aromatic rings. The van der Waals surface area contributed by atoms with E-state index in [2.05, 4.69) is 59.8 Å².